The van der Waals surface area contributed by atoms with Crippen LogP contribution in [-0.4, -0.2) is 30.6 Å². The molecular weight excluding hydrogens is 206 g/mol. The lowest BCUT2D eigenvalue weighted by molar-refractivity contribution is 0.101. The molecule has 16 heavy (non-hydrogen) atoms. The zero-order valence-corrected chi connectivity index (χ0v) is 9.40. The Hall–Kier alpha value is -1.62. The number of pyridine rings is 1. The fraction of sp³-hybridized carbons (Fsp3) is 0.455. The van der Waals surface area contributed by atoms with E-state index in [-0.39, 0.29) is 5.84 Å². The van der Waals surface area contributed by atoms with Crippen molar-refractivity contribution in [2.24, 2.45) is 5.73 Å². The third-order valence-corrected chi connectivity index (χ3v) is 1.85. The summed E-state index contributed by atoms with van der Waals surface area (Å²) < 4.78 is 10.7. The quantitative estimate of drug-likeness (QED) is 0.413. The Balaban J connectivity index is 2.36. The molecule has 0 fully saturated rings. The average Bonchev–Trinajstić information content (AvgIpc) is 2.29. The van der Waals surface area contributed by atoms with Crippen molar-refractivity contribution in [3.8, 4) is 5.75 Å². The maximum Gasteiger partial charge on any atom is 0.141 e. The summed E-state index contributed by atoms with van der Waals surface area (Å²) in [6.07, 6.45) is 2.57. The SMILES string of the molecule is CCCOCCOc1ccnc(C(=N)N)c1. The van der Waals surface area contributed by atoms with E-state index >= 15 is 0 Å². The fourth-order valence-electron chi connectivity index (χ4n) is 1.11. The number of nitrogens with two attached hydrogens (primary N) is 1. The Labute approximate surface area is 95.1 Å². The molecule has 1 aromatic heterocycles. The van der Waals surface area contributed by atoms with E-state index < -0.39 is 0 Å². The van der Waals surface area contributed by atoms with Crippen LogP contribution in [0.3, 0.4) is 0 Å². The van der Waals surface area contributed by atoms with Gasteiger partial charge in [0.2, 0.25) is 0 Å². The molecule has 0 spiro atoms. The van der Waals surface area contributed by atoms with E-state index in [1.165, 1.54) is 0 Å². The molecule has 1 aromatic rings. The van der Waals surface area contributed by atoms with E-state index in [1.54, 1.807) is 18.3 Å². The number of nitrogens with zero attached hydrogens (tertiary/aromatic N) is 1. The van der Waals surface area contributed by atoms with Gasteiger partial charge in [-0.1, -0.05) is 6.92 Å². The first kappa shape index (κ1) is 12.4. The van der Waals surface area contributed by atoms with Gasteiger partial charge in [-0.2, -0.15) is 0 Å². The Morgan fingerprint density at radius 1 is 1.44 bits per heavy atom. The molecule has 88 valence electrons. The first-order chi connectivity index (χ1) is 7.74. The number of amidine groups is 1. The number of hydrogen-bond acceptors (Lipinski definition) is 4. The maximum absolute atomic E-state index is 7.24. The van der Waals surface area contributed by atoms with Crippen molar-refractivity contribution in [1.29, 1.82) is 5.41 Å². The highest BCUT2D eigenvalue weighted by molar-refractivity contribution is 5.93. The van der Waals surface area contributed by atoms with Crippen LogP contribution in [0, 0.1) is 5.41 Å². The molecule has 0 aromatic carbocycles. The van der Waals surface area contributed by atoms with Crippen molar-refractivity contribution in [2.45, 2.75) is 13.3 Å². The molecule has 0 amide bonds. The molecule has 0 atom stereocenters. The van der Waals surface area contributed by atoms with Gasteiger partial charge in [0.25, 0.3) is 0 Å². The molecule has 0 unspecified atom stereocenters. The van der Waals surface area contributed by atoms with Crippen LogP contribution in [-0.2, 0) is 4.74 Å². The molecule has 0 aliphatic rings. The zero-order chi connectivity index (χ0) is 11.8. The predicted octanol–water partition coefficient (Wildman–Crippen LogP) is 1.17. The van der Waals surface area contributed by atoms with Gasteiger partial charge in [-0.05, 0) is 12.5 Å². The minimum atomic E-state index is -0.0623. The van der Waals surface area contributed by atoms with Crippen LogP contribution >= 0.6 is 0 Å². The third-order valence-electron chi connectivity index (χ3n) is 1.85. The summed E-state index contributed by atoms with van der Waals surface area (Å²) in [4.78, 5) is 3.94. The molecule has 3 N–H and O–H groups in total. The Kier molecular flexibility index (Phi) is 5.28. The summed E-state index contributed by atoms with van der Waals surface area (Å²) in [5, 5.41) is 7.24. The number of hydrogen-bond donors (Lipinski definition) is 2. The van der Waals surface area contributed by atoms with Crippen LogP contribution in [0.25, 0.3) is 0 Å². The van der Waals surface area contributed by atoms with Crippen LogP contribution in [0.5, 0.6) is 5.75 Å². The molecule has 1 heterocycles. The minimum Gasteiger partial charge on any atom is -0.491 e. The lowest BCUT2D eigenvalue weighted by Gasteiger charge is -2.07. The first-order valence-corrected chi connectivity index (χ1v) is 5.25. The highest BCUT2D eigenvalue weighted by Crippen LogP contribution is 2.10. The van der Waals surface area contributed by atoms with Gasteiger partial charge < -0.3 is 15.2 Å². The summed E-state index contributed by atoms with van der Waals surface area (Å²) in [5.41, 5.74) is 5.74. The van der Waals surface area contributed by atoms with Gasteiger partial charge in [-0.25, -0.2) is 0 Å². The second-order valence-electron chi connectivity index (χ2n) is 3.25. The third kappa shape index (κ3) is 4.27. The molecule has 0 saturated heterocycles. The average molecular weight is 223 g/mol. The van der Waals surface area contributed by atoms with Gasteiger partial charge in [0, 0.05) is 18.9 Å². The minimum absolute atomic E-state index is 0.0623. The molecule has 1 rings (SSSR count). The van der Waals surface area contributed by atoms with Crippen molar-refractivity contribution in [3.05, 3.63) is 24.0 Å². The first-order valence-electron chi connectivity index (χ1n) is 5.25. The van der Waals surface area contributed by atoms with Gasteiger partial charge in [0.15, 0.2) is 0 Å². The standard InChI is InChI=1S/C11H17N3O2/c1-2-5-15-6-7-16-9-3-4-14-10(8-9)11(12)13/h3-4,8H,2,5-7H2,1H3,(H3,12,13). The second kappa shape index (κ2) is 6.79. The van der Waals surface area contributed by atoms with E-state index in [0.29, 0.717) is 24.7 Å². The Morgan fingerprint density at radius 2 is 2.25 bits per heavy atom. The largest absolute Gasteiger partial charge is 0.491 e. The van der Waals surface area contributed by atoms with Gasteiger partial charge >= 0.3 is 0 Å². The van der Waals surface area contributed by atoms with Gasteiger partial charge in [0.05, 0.1) is 6.61 Å². The van der Waals surface area contributed by atoms with Crippen molar-refractivity contribution in [1.82, 2.24) is 4.98 Å². The fourth-order valence-corrected chi connectivity index (χ4v) is 1.11. The molecule has 0 bridgehead atoms. The van der Waals surface area contributed by atoms with Gasteiger partial charge in [-0.3, -0.25) is 10.4 Å². The molecule has 0 aliphatic carbocycles. The van der Waals surface area contributed by atoms with E-state index in [1.807, 2.05) is 0 Å². The molecule has 0 aliphatic heterocycles. The number of rotatable bonds is 7. The van der Waals surface area contributed by atoms with Crippen molar-refractivity contribution in [2.75, 3.05) is 19.8 Å². The molecule has 5 nitrogen and oxygen atoms in total. The normalized spacial score (nSPS) is 10.1. The topological polar surface area (TPSA) is 81.2 Å². The Morgan fingerprint density at radius 3 is 2.94 bits per heavy atom. The Bertz CT molecular complexity index is 342. The summed E-state index contributed by atoms with van der Waals surface area (Å²) in [5.74, 6) is 0.591. The van der Waals surface area contributed by atoms with E-state index in [4.69, 9.17) is 20.6 Å². The highest BCUT2D eigenvalue weighted by atomic mass is 16.5. The van der Waals surface area contributed by atoms with Crippen LogP contribution in [0.2, 0.25) is 0 Å². The summed E-state index contributed by atoms with van der Waals surface area (Å²) >= 11 is 0. The van der Waals surface area contributed by atoms with Crippen LogP contribution in [0.15, 0.2) is 18.3 Å². The molecule has 5 heteroatoms. The highest BCUT2D eigenvalue weighted by Gasteiger charge is 2.00. The number of aromatic nitrogens is 1. The number of ether oxygens (including phenoxy) is 2. The molecule has 0 saturated carbocycles. The number of nitrogens with one attached hydrogen (secondary N) is 1. The molecular formula is C11H17N3O2. The number of nitrogen functional groups attached to an aromatic ring is 1. The lowest BCUT2D eigenvalue weighted by Crippen LogP contribution is -2.13. The zero-order valence-electron chi connectivity index (χ0n) is 9.40. The predicted molar refractivity (Wildman–Crippen MR) is 61.9 cm³/mol. The molecule has 0 radical (unpaired) electrons. The lowest BCUT2D eigenvalue weighted by atomic mass is 10.3. The van der Waals surface area contributed by atoms with Crippen LogP contribution in [0.4, 0.5) is 0 Å². The summed E-state index contributed by atoms with van der Waals surface area (Å²) in [6, 6.07) is 3.37. The van der Waals surface area contributed by atoms with Crippen molar-refractivity contribution < 1.29 is 9.47 Å². The monoisotopic (exact) mass is 223 g/mol. The van der Waals surface area contributed by atoms with Crippen molar-refractivity contribution >= 4 is 5.84 Å². The maximum atomic E-state index is 7.24. The smallest absolute Gasteiger partial charge is 0.141 e. The second-order valence-corrected chi connectivity index (χ2v) is 3.25. The van der Waals surface area contributed by atoms with E-state index in [0.717, 1.165) is 13.0 Å². The van der Waals surface area contributed by atoms with Crippen LogP contribution in [0.1, 0.15) is 19.0 Å². The van der Waals surface area contributed by atoms with Gasteiger partial charge in [0.1, 0.15) is 23.9 Å². The van der Waals surface area contributed by atoms with E-state index in [2.05, 4.69) is 11.9 Å². The van der Waals surface area contributed by atoms with Crippen LogP contribution < -0.4 is 10.5 Å². The van der Waals surface area contributed by atoms with E-state index in [9.17, 15) is 0 Å². The van der Waals surface area contributed by atoms with Gasteiger partial charge in [-0.15, -0.1) is 0 Å². The summed E-state index contributed by atoms with van der Waals surface area (Å²) in [6.45, 7) is 3.86. The van der Waals surface area contributed by atoms with Crippen molar-refractivity contribution in [3.63, 3.8) is 0 Å². The summed E-state index contributed by atoms with van der Waals surface area (Å²) in [7, 11) is 0.